The van der Waals surface area contributed by atoms with Crippen molar-refractivity contribution in [1.82, 2.24) is 5.32 Å². The van der Waals surface area contributed by atoms with Crippen molar-refractivity contribution in [2.45, 2.75) is 38.3 Å². The van der Waals surface area contributed by atoms with Gasteiger partial charge in [0.15, 0.2) is 0 Å². The van der Waals surface area contributed by atoms with E-state index in [-0.39, 0.29) is 6.04 Å². The zero-order valence-corrected chi connectivity index (χ0v) is 9.37. The lowest BCUT2D eigenvalue weighted by atomic mass is 9.91. The summed E-state index contributed by atoms with van der Waals surface area (Å²) in [6.45, 7) is 3.25. The summed E-state index contributed by atoms with van der Waals surface area (Å²) >= 11 is 0. The number of benzene rings is 1. The minimum Gasteiger partial charge on any atom is -0.323 e. The second kappa shape index (κ2) is 4.77. The van der Waals surface area contributed by atoms with Crippen molar-refractivity contribution in [3.05, 3.63) is 35.4 Å². The minimum atomic E-state index is 0.145. The Labute approximate surface area is 91.9 Å². The number of hydrogen-bond donors (Lipinski definition) is 2. The van der Waals surface area contributed by atoms with Crippen molar-refractivity contribution in [2.75, 3.05) is 6.54 Å². The molecular weight excluding hydrogens is 184 g/mol. The average Bonchev–Trinajstić information content (AvgIpc) is 2.30. The van der Waals surface area contributed by atoms with E-state index in [0.29, 0.717) is 6.04 Å². The maximum Gasteiger partial charge on any atom is 0.0453 e. The highest BCUT2D eigenvalue weighted by Gasteiger charge is 2.21. The van der Waals surface area contributed by atoms with Crippen LogP contribution in [0.4, 0.5) is 0 Å². The van der Waals surface area contributed by atoms with E-state index in [4.69, 9.17) is 5.73 Å². The van der Waals surface area contributed by atoms with E-state index < -0.39 is 0 Å². The first-order valence-electron chi connectivity index (χ1n) is 5.83. The van der Waals surface area contributed by atoms with Crippen molar-refractivity contribution in [1.29, 1.82) is 0 Å². The lowest BCUT2D eigenvalue weighted by Gasteiger charge is -2.29. The summed E-state index contributed by atoms with van der Waals surface area (Å²) in [6.07, 6.45) is 3.80. The van der Waals surface area contributed by atoms with Gasteiger partial charge in [-0.1, -0.05) is 30.7 Å². The Bertz CT molecular complexity index is 316. The molecule has 0 bridgehead atoms. The molecule has 3 N–H and O–H groups in total. The first kappa shape index (κ1) is 10.7. The maximum absolute atomic E-state index is 6.31. The molecule has 2 heteroatoms. The third-order valence-electron chi connectivity index (χ3n) is 3.33. The quantitative estimate of drug-likeness (QED) is 0.774. The van der Waals surface area contributed by atoms with E-state index in [1.165, 1.54) is 30.4 Å². The fraction of sp³-hybridized carbons (Fsp3) is 0.538. The number of aryl methyl sites for hydroxylation is 1. The average molecular weight is 204 g/mol. The lowest BCUT2D eigenvalue weighted by Crippen LogP contribution is -2.42. The van der Waals surface area contributed by atoms with Gasteiger partial charge in [-0.15, -0.1) is 0 Å². The summed E-state index contributed by atoms with van der Waals surface area (Å²) in [6, 6.07) is 9.03. The molecule has 1 aromatic rings. The first-order chi connectivity index (χ1) is 7.29. The molecular formula is C13H20N2. The van der Waals surface area contributed by atoms with Crippen LogP contribution in [0.5, 0.6) is 0 Å². The summed E-state index contributed by atoms with van der Waals surface area (Å²) in [5, 5.41) is 3.52. The summed E-state index contributed by atoms with van der Waals surface area (Å²) in [5.74, 6) is 0. The number of rotatable bonds is 2. The maximum atomic E-state index is 6.31. The summed E-state index contributed by atoms with van der Waals surface area (Å²) in [7, 11) is 0. The van der Waals surface area contributed by atoms with Crippen LogP contribution in [0.3, 0.4) is 0 Å². The molecule has 0 spiro atoms. The Morgan fingerprint density at radius 1 is 1.33 bits per heavy atom. The standard InChI is InChI=1S/C13H20N2/c1-10-6-2-3-7-11(10)13(14)12-8-4-5-9-15-12/h2-3,6-7,12-13,15H,4-5,8-9,14H2,1H3. The van der Waals surface area contributed by atoms with Crippen LogP contribution in [0.1, 0.15) is 36.4 Å². The van der Waals surface area contributed by atoms with Crippen molar-refractivity contribution >= 4 is 0 Å². The molecule has 1 heterocycles. The highest BCUT2D eigenvalue weighted by molar-refractivity contribution is 5.29. The fourth-order valence-corrected chi connectivity index (χ4v) is 2.36. The van der Waals surface area contributed by atoms with Gasteiger partial charge in [-0.25, -0.2) is 0 Å². The molecule has 82 valence electrons. The predicted molar refractivity (Wildman–Crippen MR) is 63.7 cm³/mol. The van der Waals surface area contributed by atoms with Gasteiger partial charge >= 0.3 is 0 Å². The van der Waals surface area contributed by atoms with Crippen LogP contribution in [-0.4, -0.2) is 12.6 Å². The van der Waals surface area contributed by atoms with E-state index in [1.54, 1.807) is 0 Å². The van der Waals surface area contributed by atoms with Crippen molar-refractivity contribution in [3.8, 4) is 0 Å². The topological polar surface area (TPSA) is 38.0 Å². The second-order valence-corrected chi connectivity index (χ2v) is 4.44. The largest absolute Gasteiger partial charge is 0.323 e. The molecule has 2 nitrogen and oxygen atoms in total. The van der Waals surface area contributed by atoms with Gasteiger partial charge < -0.3 is 11.1 Å². The van der Waals surface area contributed by atoms with Gasteiger partial charge in [0.25, 0.3) is 0 Å². The molecule has 1 aliphatic heterocycles. The van der Waals surface area contributed by atoms with Gasteiger partial charge in [-0.3, -0.25) is 0 Å². The fourth-order valence-electron chi connectivity index (χ4n) is 2.36. The Hall–Kier alpha value is -0.860. The highest BCUT2D eigenvalue weighted by Crippen LogP contribution is 2.23. The normalized spacial score (nSPS) is 23.7. The molecule has 1 fully saturated rings. The number of nitrogens with one attached hydrogen (secondary N) is 1. The molecule has 1 aliphatic rings. The number of piperidine rings is 1. The van der Waals surface area contributed by atoms with E-state index >= 15 is 0 Å². The molecule has 2 rings (SSSR count). The van der Waals surface area contributed by atoms with Crippen LogP contribution in [0.2, 0.25) is 0 Å². The van der Waals surface area contributed by atoms with Crippen LogP contribution >= 0.6 is 0 Å². The Kier molecular flexibility index (Phi) is 3.39. The molecule has 1 saturated heterocycles. The predicted octanol–water partition coefficient (Wildman–Crippen LogP) is 2.14. The Morgan fingerprint density at radius 3 is 2.80 bits per heavy atom. The smallest absolute Gasteiger partial charge is 0.0453 e. The van der Waals surface area contributed by atoms with E-state index in [9.17, 15) is 0 Å². The Morgan fingerprint density at radius 2 is 2.13 bits per heavy atom. The molecule has 15 heavy (non-hydrogen) atoms. The van der Waals surface area contributed by atoms with Crippen LogP contribution in [-0.2, 0) is 0 Å². The molecule has 2 atom stereocenters. The van der Waals surface area contributed by atoms with Gasteiger partial charge in [0.05, 0.1) is 0 Å². The van der Waals surface area contributed by atoms with Crippen molar-refractivity contribution in [2.24, 2.45) is 5.73 Å². The van der Waals surface area contributed by atoms with E-state index in [1.807, 2.05) is 0 Å². The molecule has 2 unspecified atom stereocenters. The third-order valence-corrected chi connectivity index (χ3v) is 3.33. The van der Waals surface area contributed by atoms with Gasteiger partial charge in [-0.05, 0) is 37.4 Å². The molecule has 1 aromatic carbocycles. The summed E-state index contributed by atoms with van der Waals surface area (Å²) in [5.41, 5.74) is 8.90. The number of nitrogens with two attached hydrogens (primary N) is 1. The van der Waals surface area contributed by atoms with E-state index in [0.717, 1.165) is 6.54 Å². The SMILES string of the molecule is Cc1ccccc1C(N)C1CCCCN1. The molecule has 0 aliphatic carbocycles. The molecule has 0 saturated carbocycles. The van der Waals surface area contributed by atoms with Gasteiger partial charge in [0.2, 0.25) is 0 Å². The van der Waals surface area contributed by atoms with Gasteiger partial charge in [-0.2, -0.15) is 0 Å². The third kappa shape index (κ3) is 2.39. The van der Waals surface area contributed by atoms with E-state index in [2.05, 4.69) is 36.5 Å². The first-order valence-corrected chi connectivity index (χ1v) is 5.83. The zero-order chi connectivity index (χ0) is 10.7. The van der Waals surface area contributed by atoms with Crippen molar-refractivity contribution < 1.29 is 0 Å². The van der Waals surface area contributed by atoms with Crippen LogP contribution < -0.4 is 11.1 Å². The minimum absolute atomic E-state index is 0.145. The van der Waals surface area contributed by atoms with Crippen LogP contribution in [0.15, 0.2) is 24.3 Å². The summed E-state index contributed by atoms with van der Waals surface area (Å²) in [4.78, 5) is 0. The molecule has 0 aromatic heterocycles. The second-order valence-electron chi connectivity index (χ2n) is 4.44. The van der Waals surface area contributed by atoms with Crippen LogP contribution in [0.25, 0.3) is 0 Å². The Balaban J connectivity index is 2.12. The summed E-state index contributed by atoms with van der Waals surface area (Å²) < 4.78 is 0. The monoisotopic (exact) mass is 204 g/mol. The zero-order valence-electron chi connectivity index (χ0n) is 9.37. The lowest BCUT2D eigenvalue weighted by molar-refractivity contribution is 0.353. The highest BCUT2D eigenvalue weighted by atomic mass is 15.0. The molecule has 0 radical (unpaired) electrons. The van der Waals surface area contributed by atoms with Gasteiger partial charge in [0.1, 0.15) is 0 Å². The van der Waals surface area contributed by atoms with Gasteiger partial charge in [0, 0.05) is 12.1 Å². The molecule has 0 amide bonds. The van der Waals surface area contributed by atoms with Crippen molar-refractivity contribution in [3.63, 3.8) is 0 Å². The van der Waals surface area contributed by atoms with Crippen LogP contribution in [0, 0.1) is 6.92 Å². The number of hydrogen-bond acceptors (Lipinski definition) is 2.